The zero-order valence-corrected chi connectivity index (χ0v) is 10.3. The highest BCUT2D eigenvalue weighted by Crippen LogP contribution is 2.17. The summed E-state index contributed by atoms with van der Waals surface area (Å²) in [5.41, 5.74) is 5.43. The summed E-state index contributed by atoms with van der Waals surface area (Å²) in [5.74, 6) is -1.70. The van der Waals surface area contributed by atoms with Gasteiger partial charge in [0.1, 0.15) is 0 Å². The summed E-state index contributed by atoms with van der Waals surface area (Å²) in [6, 6.07) is -1.52. The number of aliphatic carboxylic acids is 1. The Kier molecular flexibility index (Phi) is 4.10. The highest BCUT2D eigenvalue weighted by atomic mass is 32.2. The first-order chi connectivity index (χ1) is 7.73. The summed E-state index contributed by atoms with van der Waals surface area (Å²) in [5, 5.41) is 8.52. The molecule has 0 aliphatic carbocycles. The third-order valence-corrected chi connectivity index (χ3v) is 4.57. The standard InChI is InChI=1S/C9H16N2O5S/c1-11(6-2-3-17(15,16)5-6)9(14)7(10)4-8(12)13/h6-7H,2-5,10H2,1H3,(H,12,13). The average molecular weight is 264 g/mol. The van der Waals surface area contributed by atoms with Crippen molar-refractivity contribution in [3.63, 3.8) is 0 Å². The van der Waals surface area contributed by atoms with E-state index in [0.717, 1.165) is 0 Å². The Balaban J connectivity index is 2.61. The first-order valence-electron chi connectivity index (χ1n) is 5.17. The Labute approximate surface area is 99.5 Å². The molecule has 2 atom stereocenters. The molecule has 1 aliphatic rings. The maximum Gasteiger partial charge on any atom is 0.305 e. The summed E-state index contributed by atoms with van der Waals surface area (Å²) in [4.78, 5) is 23.4. The quantitative estimate of drug-likeness (QED) is 0.633. The predicted octanol–water partition coefficient (Wildman–Crippen LogP) is -1.57. The number of likely N-dealkylation sites (N-methyl/N-ethyl adjacent to an activating group) is 1. The van der Waals surface area contributed by atoms with Crippen LogP contribution in [0.5, 0.6) is 0 Å². The first kappa shape index (κ1) is 13.9. The summed E-state index contributed by atoms with van der Waals surface area (Å²) < 4.78 is 22.5. The van der Waals surface area contributed by atoms with Crippen LogP contribution in [0.3, 0.4) is 0 Å². The van der Waals surface area contributed by atoms with E-state index in [1.54, 1.807) is 0 Å². The molecule has 1 rings (SSSR count). The molecule has 1 saturated heterocycles. The molecule has 0 aromatic rings. The van der Waals surface area contributed by atoms with Gasteiger partial charge >= 0.3 is 5.97 Å². The van der Waals surface area contributed by atoms with Gasteiger partial charge in [-0.3, -0.25) is 9.59 Å². The molecule has 0 radical (unpaired) electrons. The number of nitrogens with two attached hydrogens (primary N) is 1. The molecule has 3 N–H and O–H groups in total. The third kappa shape index (κ3) is 3.67. The van der Waals surface area contributed by atoms with Gasteiger partial charge < -0.3 is 15.7 Å². The molecule has 7 nitrogen and oxygen atoms in total. The van der Waals surface area contributed by atoms with Gasteiger partial charge in [-0.15, -0.1) is 0 Å². The summed E-state index contributed by atoms with van der Waals surface area (Å²) >= 11 is 0. The second-order valence-corrected chi connectivity index (χ2v) is 6.44. The summed E-state index contributed by atoms with van der Waals surface area (Å²) in [6.45, 7) is 0. The Morgan fingerprint density at radius 1 is 1.53 bits per heavy atom. The van der Waals surface area contributed by atoms with E-state index in [9.17, 15) is 18.0 Å². The fraction of sp³-hybridized carbons (Fsp3) is 0.778. The Morgan fingerprint density at radius 2 is 2.12 bits per heavy atom. The Bertz CT molecular complexity index is 419. The summed E-state index contributed by atoms with van der Waals surface area (Å²) in [6.07, 6.45) is -0.0764. The number of rotatable bonds is 4. The molecule has 0 bridgehead atoms. The lowest BCUT2D eigenvalue weighted by atomic mass is 10.1. The minimum atomic E-state index is -3.07. The Morgan fingerprint density at radius 3 is 2.53 bits per heavy atom. The molecule has 0 saturated carbocycles. The van der Waals surface area contributed by atoms with Crippen molar-refractivity contribution in [2.75, 3.05) is 18.6 Å². The van der Waals surface area contributed by atoms with Gasteiger partial charge in [0.15, 0.2) is 9.84 Å². The number of amides is 1. The van der Waals surface area contributed by atoms with Crippen molar-refractivity contribution in [3.8, 4) is 0 Å². The highest BCUT2D eigenvalue weighted by Gasteiger charge is 2.34. The van der Waals surface area contributed by atoms with Crippen LogP contribution in [0, 0.1) is 0 Å². The lowest BCUT2D eigenvalue weighted by Gasteiger charge is -2.25. The SMILES string of the molecule is CN(C(=O)C(N)CC(=O)O)C1CCS(=O)(=O)C1. The number of nitrogens with zero attached hydrogens (tertiary/aromatic N) is 1. The van der Waals surface area contributed by atoms with Crippen LogP contribution in [0.2, 0.25) is 0 Å². The van der Waals surface area contributed by atoms with E-state index in [4.69, 9.17) is 10.8 Å². The molecule has 1 fully saturated rings. The minimum Gasteiger partial charge on any atom is -0.481 e. The second kappa shape index (κ2) is 5.01. The van der Waals surface area contributed by atoms with Crippen LogP contribution in [-0.4, -0.2) is 60.9 Å². The van der Waals surface area contributed by atoms with Crippen molar-refractivity contribution >= 4 is 21.7 Å². The lowest BCUT2D eigenvalue weighted by molar-refractivity contribution is -0.142. The van der Waals surface area contributed by atoms with Crippen molar-refractivity contribution in [3.05, 3.63) is 0 Å². The van der Waals surface area contributed by atoms with Crippen LogP contribution in [0.25, 0.3) is 0 Å². The van der Waals surface area contributed by atoms with Crippen LogP contribution >= 0.6 is 0 Å². The maximum atomic E-state index is 11.7. The molecule has 1 heterocycles. The van der Waals surface area contributed by atoms with Gasteiger partial charge in [-0.05, 0) is 6.42 Å². The number of carboxylic acids is 1. The number of carboxylic acid groups (broad SMARTS) is 1. The van der Waals surface area contributed by atoms with E-state index < -0.39 is 40.2 Å². The van der Waals surface area contributed by atoms with Gasteiger partial charge in [0.2, 0.25) is 5.91 Å². The van der Waals surface area contributed by atoms with Gasteiger partial charge in [-0.25, -0.2) is 8.42 Å². The van der Waals surface area contributed by atoms with Gasteiger partial charge in [0.25, 0.3) is 0 Å². The second-order valence-electron chi connectivity index (χ2n) is 4.21. The van der Waals surface area contributed by atoms with E-state index in [1.807, 2.05) is 0 Å². The topological polar surface area (TPSA) is 118 Å². The number of sulfone groups is 1. The molecular weight excluding hydrogens is 248 g/mol. The van der Waals surface area contributed by atoms with Crippen molar-refractivity contribution in [2.45, 2.75) is 24.9 Å². The lowest BCUT2D eigenvalue weighted by Crippen LogP contribution is -2.47. The van der Waals surface area contributed by atoms with E-state index >= 15 is 0 Å². The molecule has 0 aromatic heterocycles. The number of carbonyl (C=O) groups is 2. The van der Waals surface area contributed by atoms with Gasteiger partial charge in [0, 0.05) is 13.1 Å². The monoisotopic (exact) mass is 264 g/mol. The van der Waals surface area contributed by atoms with Crippen LogP contribution in [-0.2, 0) is 19.4 Å². The smallest absolute Gasteiger partial charge is 0.305 e. The predicted molar refractivity (Wildman–Crippen MR) is 60.1 cm³/mol. The Hall–Kier alpha value is -1.15. The van der Waals surface area contributed by atoms with Crippen LogP contribution in [0.15, 0.2) is 0 Å². The molecular formula is C9H16N2O5S. The summed E-state index contributed by atoms with van der Waals surface area (Å²) in [7, 11) is -1.62. The molecule has 1 amide bonds. The highest BCUT2D eigenvalue weighted by molar-refractivity contribution is 7.91. The molecule has 8 heteroatoms. The number of hydrogen-bond acceptors (Lipinski definition) is 5. The van der Waals surface area contributed by atoms with E-state index in [0.29, 0.717) is 6.42 Å². The van der Waals surface area contributed by atoms with Crippen molar-refractivity contribution in [1.29, 1.82) is 0 Å². The van der Waals surface area contributed by atoms with Crippen molar-refractivity contribution in [2.24, 2.45) is 5.73 Å². The first-order valence-corrected chi connectivity index (χ1v) is 6.99. The van der Waals surface area contributed by atoms with E-state index in [2.05, 4.69) is 0 Å². The molecule has 2 unspecified atom stereocenters. The number of carbonyl (C=O) groups excluding carboxylic acids is 1. The fourth-order valence-corrected chi connectivity index (χ4v) is 3.57. The third-order valence-electron chi connectivity index (χ3n) is 2.82. The number of hydrogen-bond donors (Lipinski definition) is 2. The van der Waals surface area contributed by atoms with Crippen LogP contribution in [0.1, 0.15) is 12.8 Å². The van der Waals surface area contributed by atoms with Gasteiger partial charge in [0.05, 0.1) is 24.0 Å². The van der Waals surface area contributed by atoms with E-state index in [-0.39, 0.29) is 11.5 Å². The van der Waals surface area contributed by atoms with Crippen molar-refractivity contribution in [1.82, 2.24) is 4.90 Å². The van der Waals surface area contributed by atoms with Crippen molar-refractivity contribution < 1.29 is 23.1 Å². The minimum absolute atomic E-state index is 0.0590. The molecule has 98 valence electrons. The maximum absolute atomic E-state index is 11.7. The largest absolute Gasteiger partial charge is 0.481 e. The normalized spacial score (nSPS) is 24.2. The van der Waals surface area contributed by atoms with Gasteiger partial charge in [-0.1, -0.05) is 0 Å². The van der Waals surface area contributed by atoms with Gasteiger partial charge in [-0.2, -0.15) is 0 Å². The fourth-order valence-electron chi connectivity index (χ4n) is 1.80. The zero-order chi connectivity index (χ0) is 13.2. The zero-order valence-electron chi connectivity index (χ0n) is 9.50. The van der Waals surface area contributed by atoms with Crippen LogP contribution < -0.4 is 5.73 Å². The molecule has 0 spiro atoms. The average Bonchev–Trinajstić information content (AvgIpc) is 2.55. The van der Waals surface area contributed by atoms with Crippen LogP contribution in [0.4, 0.5) is 0 Å². The molecule has 17 heavy (non-hydrogen) atoms. The molecule has 0 aromatic carbocycles. The molecule has 1 aliphatic heterocycles. The van der Waals surface area contributed by atoms with E-state index in [1.165, 1.54) is 11.9 Å².